The molecule has 33 heavy (non-hydrogen) atoms. The molecule has 0 radical (unpaired) electrons. The van der Waals surface area contributed by atoms with Crippen molar-refractivity contribution < 1.29 is 14.3 Å². The lowest BCUT2D eigenvalue weighted by Gasteiger charge is -2.17. The van der Waals surface area contributed by atoms with Gasteiger partial charge in [0.1, 0.15) is 11.5 Å². The fourth-order valence-electron chi connectivity index (χ4n) is 3.57. The van der Waals surface area contributed by atoms with Gasteiger partial charge in [-0.2, -0.15) is 0 Å². The summed E-state index contributed by atoms with van der Waals surface area (Å²) in [6.07, 6.45) is 8.59. The predicted octanol–water partition coefficient (Wildman–Crippen LogP) is 6.74. The summed E-state index contributed by atoms with van der Waals surface area (Å²) in [7, 11) is 5.32. The van der Waals surface area contributed by atoms with Gasteiger partial charge in [0.25, 0.3) is 0 Å². The Hall–Kier alpha value is -2.66. The van der Waals surface area contributed by atoms with E-state index in [4.69, 9.17) is 9.47 Å². The van der Waals surface area contributed by atoms with Gasteiger partial charge in [0.15, 0.2) is 5.78 Å². The number of hydrogen-bond donors (Lipinski definition) is 1. The molecule has 0 spiro atoms. The maximum absolute atomic E-state index is 11.9. The Morgan fingerprint density at radius 3 is 1.94 bits per heavy atom. The van der Waals surface area contributed by atoms with E-state index < -0.39 is 0 Å². The minimum absolute atomic E-state index is 0.0124. The molecule has 1 aromatic heterocycles. The van der Waals surface area contributed by atoms with Crippen LogP contribution in [0.2, 0.25) is 0 Å². The molecular weight excluding hydrogens is 412 g/mol. The summed E-state index contributed by atoms with van der Waals surface area (Å²) < 4.78 is 11.1. The number of carbonyl (C=O) groups is 1. The Bertz CT molecular complexity index is 841. The number of carbonyl (C=O) groups excluding carboxylic acids is 1. The number of ether oxygens (including phenoxy) is 2. The van der Waals surface area contributed by atoms with Crippen LogP contribution in [0.4, 0.5) is 0 Å². The average molecular weight is 457 g/mol. The van der Waals surface area contributed by atoms with Crippen molar-refractivity contribution in [3.8, 4) is 11.5 Å². The summed E-state index contributed by atoms with van der Waals surface area (Å²) in [6.45, 7) is 14.0. The number of hydrogen-bond acceptors (Lipinski definition) is 5. The van der Waals surface area contributed by atoms with E-state index >= 15 is 0 Å². The van der Waals surface area contributed by atoms with Crippen molar-refractivity contribution in [1.82, 2.24) is 10.3 Å². The number of ketones is 1. The lowest BCUT2D eigenvalue weighted by Crippen LogP contribution is -2.22. The van der Waals surface area contributed by atoms with Crippen LogP contribution in [0.3, 0.4) is 0 Å². The highest BCUT2D eigenvalue weighted by atomic mass is 16.5. The monoisotopic (exact) mass is 456 g/mol. The van der Waals surface area contributed by atoms with Gasteiger partial charge >= 0.3 is 0 Å². The van der Waals surface area contributed by atoms with Gasteiger partial charge < -0.3 is 14.8 Å². The van der Waals surface area contributed by atoms with Gasteiger partial charge in [0.2, 0.25) is 0 Å². The molecule has 0 aliphatic heterocycles. The molecule has 0 atom stereocenters. The van der Waals surface area contributed by atoms with Crippen LogP contribution in [0.1, 0.15) is 88.4 Å². The molecule has 1 heterocycles. The zero-order chi connectivity index (χ0) is 25.4. The number of pyridine rings is 1. The summed E-state index contributed by atoms with van der Waals surface area (Å²) in [6, 6.07) is 6.57. The fraction of sp³-hybridized carbons (Fsp3) is 0.500. The molecule has 2 rings (SSSR count). The van der Waals surface area contributed by atoms with Crippen LogP contribution in [-0.2, 0) is 6.42 Å². The van der Waals surface area contributed by atoms with Gasteiger partial charge in [-0.05, 0) is 75.1 Å². The molecule has 0 saturated carbocycles. The second-order valence-corrected chi connectivity index (χ2v) is 7.19. The van der Waals surface area contributed by atoms with E-state index in [0.717, 1.165) is 46.2 Å². The number of rotatable bonds is 9. The normalized spacial score (nSPS) is 10.6. The second-order valence-electron chi connectivity index (χ2n) is 7.19. The largest absolute Gasteiger partial charge is 0.496 e. The number of Topliss-reactive ketones (excluding diaryl/α,β-unsaturated/α-hetero) is 1. The highest BCUT2D eigenvalue weighted by molar-refractivity contribution is 6.00. The molecular formula is C28H44N2O3. The molecule has 0 unspecified atom stereocenters. The summed E-state index contributed by atoms with van der Waals surface area (Å²) in [4.78, 5) is 16.0. The zero-order valence-corrected chi connectivity index (χ0v) is 22.3. The Labute approximate surface area is 201 Å². The second kappa shape index (κ2) is 16.9. The third-order valence-corrected chi connectivity index (χ3v) is 5.45. The van der Waals surface area contributed by atoms with Crippen molar-refractivity contribution in [3.63, 3.8) is 0 Å². The van der Waals surface area contributed by atoms with Crippen LogP contribution in [-0.4, -0.2) is 38.1 Å². The van der Waals surface area contributed by atoms with Crippen LogP contribution in [0, 0.1) is 0 Å². The third-order valence-electron chi connectivity index (χ3n) is 5.45. The SMILES string of the molecule is C/C=C(/c1cc(OC)c(CC)c(OC)c1)c1ccncc1C(C)=O.CC.CCC(CC)NC. The number of nitrogens with zero attached hydrogens (tertiary/aromatic N) is 1. The maximum atomic E-state index is 11.9. The van der Waals surface area contributed by atoms with E-state index in [1.54, 1.807) is 33.5 Å². The van der Waals surface area contributed by atoms with E-state index in [9.17, 15) is 4.79 Å². The first kappa shape index (κ1) is 30.3. The highest BCUT2D eigenvalue weighted by Crippen LogP contribution is 2.36. The molecule has 0 bridgehead atoms. The first-order chi connectivity index (χ1) is 15.9. The lowest BCUT2D eigenvalue weighted by molar-refractivity contribution is 0.101. The first-order valence-electron chi connectivity index (χ1n) is 12.0. The molecule has 0 amide bonds. The highest BCUT2D eigenvalue weighted by Gasteiger charge is 2.17. The predicted molar refractivity (Wildman–Crippen MR) is 141 cm³/mol. The van der Waals surface area contributed by atoms with Crippen LogP contribution in [0.25, 0.3) is 5.57 Å². The van der Waals surface area contributed by atoms with Gasteiger partial charge in [-0.15, -0.1) is 0 Å². The molecule has 2 aromatic rings. The van der Waals surface area contributed by atoms with E-state index in [2.05, 4.69) is 31.1 Å². The van der Waals surface area contributed by atoms with E-state index in [1.165, 1.54) is 12.8 Å². The van der Waals surface area contributed by atoms with Gasteiger partial charge in [-0.1, -0.05) is 40.7 Å². The van der Waals surface area contributed by atoms with Gasteiger partial charge in [-0.3, -0.25) is 9.78 Å². The third kappa shape index (κ3) is 8.65. The Kier molecular flexibility index (Phi) is 15.5. The van der Waals surface area contributed by atoms with E-state index in [-0.39, 0.29) is 5.78 Å². The van der Waals surface area contributed by atoms with Gasteiger partial charge in [0.05, 0.1) is 14.2 Å². The Balaban J connectivity index is 0.000000973. The zero-order valence-electron chi connectivity index (χ0n) is 22.3. The molecule has 5 nitrogen and oxygen atoms in total. The van der Waals surface area contributed by atoms with Crippen molar-refractivity contribution >= 4 is 11.4 Å². The minimum atomic E-state index is -0.0124. The fourth-order valence-corrected chi connectivity index (χ4v) is 3.57. The minimum Gasteiger partial charge on any atom is -0.496 e. The molecule has 5 heteroatoms. The van der Waals surface area contributed by atoms with E-state index in [0.29, 0.717) is 5.56 Å². The first-order valence-corrected chi connectivity index (χ1v) is 12.0. The number of nitrogens with one attached hydrogen (secondary N) is 1. The van der Waals surface area contributed by atoms with Crippen LogP contribution < -0.4 is 14.8 Å². The quantitative estimate of drug-likeness (QED) is 0.424. The number of aromatic nitrogens is 1. The van der Waals surface area contributed by atoms with Crippen LogP contribution in [0.15, 0.2) is 36.7 Å². The summed E-state index contributed by atoms with van der Waals surface area (Å²) >= 11 is 0. The maximum Gasteiger partial charge on any atom is 0.161 e. The lowest BCUT2D eigenvalue weighted by atomic mass is 9.92. The Morgan fingerprint density at radius 2 is 1.61 bits per heavy atom. The summed E-state index contributed by atoms with van der Waals surface area (Å²) in [5.41, 5.74) is 4.37. The molecule has 0 aliphatic carbocycles. The standard InChI is InChI=1S/C20H23NO3.C6H15N.C2H6/c1-6-15(17-8-9-21-12-18(17)13(3)22)14-10-19(23-4)16(7-2)20(11-14)24-5;1-4-6(5-2)7-3;1-2/h6,8-12H,7H2,1-5H3;6-7H,4-5H2,1-3H3;1-2H3/b15-6-;;. The number of benzene rings is 1. The average Bonchev–Trinajstić information content (AvgIpc) is 2.86. The molecule has 0 aliphatic rings. The van der Waals surface area contributed by atoms with Crippen molar-refractivity contribution in [1.29, 1.82) is 0 Å². The van der Waals surface area contributed by atoms with Crippen LogP contribution >= 0.6 is 0 Å². The molecule has 1 aromatic carbocycles. The van der Waals surface area contributed by atoms with Gasteiger partial charge in [-0.25, -0.2) is 0 Å². The number of allylic oxidation sites excluding steroid dienone is 1. The summed E-state index contributed by atoms with van der Waals surface area (Å²) in [5, 5.41) is 3.20. The topological polar surface area (TPSA) is 60.5 Å². The van der Waals surface area contributed by atoms with Crippen molar-refractivity contribution in [2.75, 3.05) is 21.3 Å². The van der Waals surface area contributed by atoms with Crippen molar-refractivity contribution in [2.24, 2.45) is 0 Å². The van der Waals surface area contributed by atoms with Gasteiger partial charge in [0, 0.05) is 29.6 Å². The summed E-state index contributed by atoms with van der Waals surface area (Å²) in [5.74, 6) is 1.55. The van der Waals surface area contributed by atoms with Crippen molar-refractivity contribution in [2.45, 2.75) is 73.8 Å². The molecule has 1 N–H and O–H groups in total. The molecule has 0 saturated heterocycles. The van der Waals surface area contributed by atoms with Crippen LogP contribution in [0.5, 0.6) is 11.5 Å². The smallest absolute Gasteiger partial charge is 0.161 e. The van der Waals surface area contributed by atoms with Crippen molar-refractivity contribution in [3.05, 3.63) is 58.9 Å². The Morgan fingerprint density at radius 1 is 1.06 bits per heavy atom. The van der Waals surface area contributed by atoms with E-state index in [1.807, 2.05) is 52.1 Å². The molecule has 184 valence electrons. The number of methoxy groups -OCH3 is 2. The molecule has 0 fully saturated rings.